The highest BCUT2D eigenvalue weighted by atomic mass is 16.4. The Hall–Kier alpha value is -1.70. The second-order valence-electron chi connectivity index (χ2n) is 5.72. The number of aliphatic carboxylic acids is 1. The zero-order valence-corrected chi connectivity index (χ0v) is 12.7. The van der Waals surface area contributed by atoms with Crippen LogP contribution in [-0.2, 0) is 4.79 Å². The summed E-state index contributed by atoms with van der Waals surface area (Å²) in [5.41, 5.74) is -0.103. The average Bonchev–Trinajstić information content (AvgIpc) is 2.35. The highest BCUT2D eigenvalue weighted by Gasteiger charge is 2.19. The number of nitrogens with one attached hydrogen (secondary N) is 2. The van der Waals surface area contributed by atoms with Gasteiger partial charge in [0.15, 0.2) is 0 Å². The molecule has 0 heterocycles. The second kappa shape index (κ2) is 9.24. The molecule has 0 aliphatic rings. The Morgan fingerprint density at radius 1 is 1.35 bits per heavy atom. The number of terminal acetylenes is 1. The molecule has 0 aromatic rings. The summed E-state index contributed by atoms with van der Waals surface area (Å²) in [5, 5.41) is 14.3. The summed E-state index contributed by atoms with van der Waals surface area (Å²) in [5.74, 6) is 1.75. The first-order valence-corrected chi connectivity index (χ1v) is 7.00. The van der Waals surface area contributed by atoms with Crippen molar-refractivity contribution in [2.24, 2.45) is 5.41 Å². The van der Waals surface area contributed by atoms with Crippen molar-refractivity contribution in [2.75, 3.05) is 6.54 Å². The molecule has 0 bridgehead atoms. The van der Waals surface area contributed by atoms with Gasteiger partial charge in [0.25, 0.3) is 0 Å². The van der Waals surface area contributed by atoms with Crippen LogP contribution in [0.5, 0.6) is 0 Å². The van der Waals surface area contributed by atoms with E-state index in [-0.39, 0.29) is 23.9 Å². The molecule has 20 heavy (non-hydrogen) atoms. The fraction of sp³-hybridized carbons (Fsp3) is 0.733. The van der Waals surface area contributed by atoms with Crippen LogP contribution in [-0.4, -0.2) is 29.7 Å². The lowest BCUT2D eigenvalue weighted by atomic mass is 9.84. The third-order valence-corrected chi connectivity index (χ3v) is 3.30. The maximum atomic E-state index is 11.7. The fourth-order valence-electron chi connectivity index (χ4n) is 1.76. The van der Waals surface area contributed by atoms with Crippen LogP contribution in [0, 0.1) is 17.8 Å². The maximum Gasteiger partial charge on any atom is 0.315 e. The minimum atomic E-state index is -0.788. The van der Waals surface area contributed by atoms with Crippen molar-refractivity contribution >= 4 is 12.0 Å². The summed E-state index contributed by atoms with van der Waals surface area (Å²) in [6.45, 7) is 6.49. The lowest BCUT2D eigenvalue weighted by molar-refractivity contribution is -0.137. The molecule has 0 radical (unpaired) electrons. The van der Waals surface area contributed by atoms with Crippen LogP contribution in [0.1, 0.15) is 52.9 Å². The van der Waals surface area contributed by atoms with Gasteiger partial charge in [-0.05, 0) is 24.7 Å². The van der Waals surface area contributed by atoms with Gasteiger partial charge in [-0.2, -0.15) is 0 Å². The number of rotatable bonds is 9. The van der Waals surface area contributed by atoms with Crippen molar-refractivity contribution in [1.29, 1.82) is 0 Å². The number of amides is 2. The predicted molar refractivity (Wildman–Crippen MR) is 79.3 cm³/mol. The molecule has 0 spiro atoms. The van der Waals surface area contributed by atoms with Crippen molar-refractivity contribution < 1.29 is 14.7 Å². The van der Waals surface area contributed by atoms with Crippen LogP contribution >= 0.6 is 0 Å². The van der Waals surface area contributed by atoms with E-state index in [1.165, 1.54) is 0 Å². The Labute approximate surface area is 121 Å². The summed E-state index contributed by atoms with van der Waals surface area (Å²) in [7, 11) is 0. The van der Waals surface area contributed by atoms with Gasteiger partial charge in [-0.25, -0.2) is 4.79 Å². The van der Waals surface area contributed by atoms with Gasteiger partial charge < -0.3 is 15.7 Å². The SMILES string of the molecule is C#CCC(CC)NC(=O)NCCC(C)(C)CCC(=O)O. The van der Waals surface area contributed by atoms with Crippen molar-refractivity contribution in [3.8, 4) is 12.3 Å². The van der Waals surface area contributed by atoms with E-state index in [1.807, 2.05) is 20.8 Å². The summed E-state index contributed by atoms with van der Waals surface area (Å²) in [6, 6.07) is -0.221. The molecule has 0 aromatic heterocycles. The first kappa shape index (κ1) is 18.3. The van der Waals surface area contributed by atoms with Gasteiger partial charge in [0.2, 0.25) is 0 Å². The molecule has 5 heteroatoms. The van der Waals surface area contributed by atoms with Gasteiger partial charge in [0.1, 0.15) is 0 Å². The van der Waals surface area contributed by atoms with Gasteiger partial charge >= 0.3 is 12.0 Å². The highest BCUT2D eigenvalue weighted by molar-refractivity contribution is 5.74. The average molecular weight is 282 g/mol. The van der Waals surface area contributed by atoms with Gasteiger partial charge in [-0.3, -0.25) is 4.79 Å². The number of carbonyl (C=O) groups excluding carboxylic acids is 1. The molecule has 5 nitrogen and oxygen atoms in total. The van der Waals surface area contributed by atoms with Crippen molar-refractivity contribution in [3.63, 3.8) is 0 Å². The molecule has 0 aliphatic carbocycles. The lowest BCUT2D eigenvalue weighted by Crippen LogP contribution is -2.42. The molecular formula is C15H26N2O3. The third-order valence-electron chi connectivity index (χ3n) is 3.30. The van der Waals surface area contributed by atoms with E-state index in [2.05, 4.69) is 16.6 Å². The molecule has 114 valence electrons. The highest BCUT2D eigenvalue weighted by Crippen LogP contribution is 2.25. The molecule has 2 amide bonds. The molecule has 1 unspecified atom stereocenters. The Morgan fingerprint density at radius 3 is 2.50 bits per heavy atom. The van der Waals surface area contributed by atoms with Gasteiger partial charge in [0.05, 0.1) is 0 Å². The molecule has 1 atom stereocenters. The number of hydrogen-bond acceptors (Lipinski definition) is 2. The second-order valence-corrected chi connectivity index (χ2v) is 5.72. The molecular weight excluding hydrogens is 256 g/mol. The fourth-order valence-corrected chi connectivity index (χ4v) is 1.76. The van der Waals surface area contributed by atoms with Crippen LogP contribution in [0.4, 0.5) is 4.79 Å². The molecule has 0 aliphatic heterocycles. The topological polar surface area (TPSA) is 78.4 Å². The lowest BCUT2D eigenvalue weighted by Gasteiger charge is -2.24. The van der Waals surface area contributed by atoms with Crippen molar-refractivity contribution in [3.05, 3.63) is 0 Å². The smallest absolute Gasteiger partial charge is 0.315 e. The quantitative estimate of drug-likeness (QED) is 0.568. The predicted octanol–water partition coefficient (Wildman–Crippen LogP) is 2.37. The Kier molecular flexibility index (Phi) is 8.46. The van der Waals surface area contributed by atoms with E-state index in [0.717, 1.165) is 12.8 Å². The number of urea groups is 1. The van der Waals surface area contributed by atoms with E-state index < -0.39 is 5.97 Å². The van der Waals surface area contributed by atoms with Gasteiger partial charge in [-0.1, -0.05) is 20.8 Å². The monoisotopic (exact) mass is 282 g/mol. The zero-order chi connectivity index (χ0) is 15.6. The van der Waals surface area contributed by atoms with Gasteiger partial charge in [0, 0.05) is 25.4 Å². The maximum absolute atomic E-state index is 11.7. The number of carboxylic acids is 1. The molecule has 0 saturated carbocycles. The van der Waals surface area contributed by atoms with Crippen LogP contribution in [0.25, 0.3) is 0 Å². The standard InChI is InChI=1S/C15H26N2O3/c1-5-7-12(6-2)17-14(20)16-11-10-15(3,4)9-8-13(18)19/h1,12H,6-11H2,2-4H3,(H,18,19)(H2,16,17,20). The van der Waals surface area contributed by atoms with Crippen LogP contribution in [0.2, 0.25) is 0 Å². The Balaban J connectivity index is 3.95. The minimum Gasteiger partial charge on any atom is -0.481 e. The summed E-state index contributed by atoms with van der Waals surface area (Å²) in [6.07, 6.45) is 8.03. The number of hydrogen-bond donors (Lipinski definition) is 3. The Bertz CT molecular complexity index is 359. The van der Waals surface area contributed by atoms with E-state index >= 15 is 0 Å². The normalized spacial score (nSPS) is 12.3. The van der Waals surface area contributed by atoms with Crippen molar-refractivity contribution in [1.82, 2.24) is 10.6 Å². The first-order chi connectivity index (χ1) is 9.30. The van der Waals surface area contributed by atoms with E-state index in [0.29, 0.717) is 19.4 Å². The number of carboxylic acid groups (broad SMARTS) is 1. The van der Waals surface area contributed by atoms with Crippen LogP contribution in [0.15, 0.2) is 0 Å². The molecule has 3 N–H and O–H groups in total. The van der Waals surface area contributed by atoms with E-state index in [9.17, 15) is 9.59 Å². The molecule has 0 fully saturated rings. The van der Waals surface area contributed by atoms with Crippen molar-refractivity contribution in [2.45, 2.75) is 58.9 Å². The summed E-state index contributed by atoms with van der Waals surface area (Å²) >= 11 is 0. The third kappa shape index (κ3) is 9.26. The molecule has 0 rings (SSSR count). The molecule has 0 saturated heterocycles. The zero-order valence-electron chi connectivity index (χ0n) is 12.7. The summed E-state index contributed by atoms with van der Waals surface area (Å²) < 4.78 is 0. The first-order valence-electron chi connectivity index (χ1n) is 7.00. The van der Waals surface area contributed by atoms with Crippen LogP contribution in [0.3, 0.4) is 0 Å². The van der Waals surface area contributed by atoms with Crippen LogP contribution < -0.4 is 10.6 Å². The van der Waals surface area contributed by atoms with Gasteiger partial charge in [-0.15, -0.1) is 12.3 Å². The molecule has 0 aromatic carbocycles. The number of carbonyl (C=O) groups is 2. The summed E-state index contributed by atoms with van der Waals surface area (Å²) in [4.78, 5) is 22.2. The van der Waals surface area contributed by atoms with E-state index in [4.69, 9.17) is 11.5 Å². The minimum absolute atomic E-state index is 0.0000191. The largest absolute Gasteiger partial charge is 0.481 e. The Morgan fingerprint density at radius 2 is 2.00 bits per heavy atom. The van der Waals surface area contributed by atoms with E-state index in [1.54, 1.807) is 0 Å².